The molecule has 5 nitrogen and oxygen atoms in total. The van der Waals surface area contributed by atoms with E-state index in [1.807, 2.05) is 16.9 Å². The molecule has 0 amide bonds. The van der Waals surface area contributed by atoms with Gasteiger partial charge in [0.15, 0.2) is 0 Å². The SMILES string of the molecule is C[C](C)(C)[Sn][c]1ccc(-c2ncn(C3CCCCO3)n2)nc1. The standard InChI is InChI=1S/C12H13N4O.C4H9.Sn/c1-3-7-13-10(5-1)12-14-9-16(15-12)11-6-2-4-8-17-11;1-4(2)3;/h1,5,7,9,11H,2,4,6,8H2;1-3H3;. The van der Waals surface area contributed by atoms with Gasteiger partial charge in [0.25, 0.3) is 0 Å². The van der Waals surface area contributed by atoms with Gasteiger partial charge in [0.05, 0.1) is 0 Å². The average molecular weight is 405 g/mol. The molecule has 0 bridgehead atoms. The molecule has 0 aliphatic carbocycles. The Kier molecular flexibility index (Phi) is 4.82. The molecule has 1 aliphatic heterocycles. The van der Waals surface area contributed by atoms with Crippen LogP contribution in [0.1, 0.15) is 46.3 Å². The Bertz CT molecular complexity index is 612. The fourth-order valence-corrected chi connectivity index (χ4v) is 5.81. The number of rotatable bonds is 3. The Morgan fingerprint density at radius 2 is 2.09 bits per heavy atom. The second kappa shape index (κ2) is 6.66. The van der Waals surface area contributed by atoms with Crippen LogP contribution in [0.15, 0.2) is 24.7 Å². The molecule has 22 heavy (non-hydrogen) atoms. The molecule has 1 saturated heterocycles. The zero-order valence-electron chi connectivity index (χ0n) is 13.4. The van der Waals surface area contributed by atoms with Crippen molar-refractivity contribution in [1.29, 1.82) is 0 Å². The van der Waals surface area contributed by atoms with Crippen molar-refractivity contribution >= 4 is 24.7 Å². The van der Waals surface area contributed by atoms with Gasteiger partial charge in [0, 0.05) is 0 Å². The van der Waals surface area contributed by atoms with Crippen molar-refractivity contribution in [3.8, 4) is 11.5 Å². The number of aromatic nitrogens is 4. The van der Waals surface area contributed by atoms with Crippen LogP contribution in [0.25, 0.3) is 11.5 Å². The molecule has 6 heteroatoms. The van der Waals surface area contributed by atoms with Crippen LogP contribution >= 0.6 is 0 Å². The summed E-state index contributed by atoms with van der Waals surface area (Å²) in [4.78, 5) is 8.94. The molecule has 2 aromatic rings. The third kappa shape index (κ3) is 4.07. The molecular weight excluding hydrogens is 383 g/mol. The molecule has 2 radical (unpaired) electrons. The first-order chi connectivity index (χ1) is 10.5. The summed E-state index contributed by atoms with van der Waals surface area (Å²) >= 11 is -0.604. The number of ether oxygens (including phenoxy) is 1. The minimum absolute atomic E-state index is 0.0317. The number of nitrogens with zero attached hydrogens (tertiary/aromatic N) is 4. The molecule has 1 fully saturated rings. The van der Waals surface area contributed by atoms with Crippen LogP contribution in [-0.2, 0) is 4.74 Å². The summed E-state index contributed by atoms with van der Waals surface area (Å²) in [5.41, 5.74) is 0.839. The van der Waals surface area contributed by atoms with E-state index in [0.29, 0.717) is 9.26 Å². The van der Waals surface area contributed by atoms with E-state index in [4.69, 9.17) is 4.74 Å². The van der Waals surface area contributed by atoms with Gasteiger partial charge in [-0.05, 0) is 0 Å². The van der Waals surface area contributed by atoms with Crippen molar-refractivity contribution in [3.05, 3.63) is 24.7 Å². The van der Waals surface area contributed by atoms with Gasteiger partial charge in [-0.15, -0.1) is 0 Å². The van der Waals surface area contributed by atoms with E-state index in [0.717, 1.165) is 25.1 Å². The Balaban J connectivity index is 1.73. The maximum absolute atomic E-state index is 5.73. The average Bonchev–Trinajstić information content (AvgIpc) is 2.97. The summed E-state index contributed by atoms with van der Waals surface area (Å²) in [6.07, 6.45) is 7.12. The molecule has 1 unspecified atom stereocenters. The van der Waals surface area contributed by atoms with E-state index < -0.39 is 21.1 Å². The van der Waals surface area contributed by atoms with E-state index in [2.05, 4.69) is 41.9 Å². The molecular formula is C16H22N4OSn. The van der Waals surface area contributed by atoms with E-state index in [1.54, 1.807) is 6.33 Å². The van der Waals surface area contributed by atoms with Crippen LogP contribution in [0.5, 0.6) is 0 Å². The van der Waals surface area contributed by atoms with Crippen LogP contribution in [0.2, 0.25) is 3.43 Å². The molecule has 0 aromatic carbocycles. The molecule has 0 spiro atoms. The first kappa shape index (κ1) is 15.9. The van der Waals surface area contributed by atoms with Gasteiger partial charge in [-0.25, -0.2) is 0 Å². The van der Waals surface area contributed by atoms with Crippen molar-refractivity contribution in [2.45, 2.75) is 49.7 Å². The van der Waals surface area contributed by atoms with E-state index in [9.17, 15) is 0 Å². The van der Waals surface area contributed by atoms with Crippen LogP contribution in [-0.4, -0.2) is 47.5 Å². The van der Waals surface area contributed by atoms with Crippen molar-refractivity contribution in [3.63, 3.8) is 0 Å². The molecule has 0 saturated carbocycles. The number of pyridine rings is 1. The zero-order valence-corrected chi connectivity index (χ0v) is 16.3. The Morgan fingerprint density at radius 3 is 2.73 bits per heavy atom. The van der Waals surface area contributed by atoms with Gasteiger partial charge in [-0.1, -0.05) is 0 Å². The molecule has 0 N–H and O–H groups in total. The van der Waals surface area contributed by atoms with Gasteiger partial charge in [0.2, 0.25) is 0 Å². The molecule has 3 rings (SSSR count). The van der Waals surface area contributed by atoms with Crippen LogP contribution < -0.4 is 3.58 Å². The third-order valence-corrected chi connectivity index (χ3v) is 7.28. The summed E-state index contributed by atoms with van der Waals surface area (Å²) in [6.45, 7) is 7.73. The van der Waals surface area contributed by atoms with Crippen LogP contribution in [0.4, 0.5) is 0 Å². The fourth-order valence-electron chi connectivity index (χ4n) is 2.50. The molecule has 116 valence electrons. The van der Waals surface area contributed by atoms with Crippen molar-refractivity contribution in [2.24, 2.45) is 0 Å². The predicted octanol–water partition coefficient (Wildman–Crippen LogP) is 2.59. The monoisotopic (exact) mass is 406 g/mol. The van der Waals surface area contributed by atoms with Crippen molar-refractivity contribution < 1.29 is 4.74 Å². The summed E-state index contributed by atoms with van der Waals surface area (Å²) in [5.74, 6) is 0.682. The quantitative estimate of drug-likeness (QED) is 0.737. The second-order valence-electron chi connectivity index (χ2n) is 6.68. The van der Waals surface area contributed by atoms with Gasteiger partial charge in [0.1, 0.15) is 0 Å². The molecule has 1 atom stereocenters. The topological polar surface area (TPSA) is 52.8 Å². The Labute approximate surface area is 141 Å². The van der Waals surface area contributed by atoms with Gasteiger partial charge in [-0.2, -0.15) is 0 Å². The predicted molar refractivity (Wildman–Crippen MR) is 87.2 cm³/mol. The van der Waals surface area contributed by atoms with E-state index in [-0.39, 0.29) is 6.23 Å². The van der Waals surface area contributed by atoms with Crippen LogP contribution in [0, 0.1) is 0 Å². The first-order valence-corrected chi connectivity index (χ1v) is 10.6. The summed E-state index contributed by atoms with van der Waals surface area (Å²) in [6, 6.07) is 4.24. The number of hydrogen-bond acceptors (Lipinski definition) is 4. The summed E-state index contributed by atoms with van der Waals surface area (Å²) in [7, 11) is 0. The van der Waals surface area contributed by atoms with Gasteiger partial charge < -0.3 is 0 Å². The summed E-state index contributed by atoms with van der Waals surface area (Å²) in [5, 5.41) is 4.54. The second-order valence-corrected chi connectivity index (χ2v) is 13.3. The van der Waals surface area contributed by atoms with Crippen molar-refractivity contribution in [2.75, 3.05) is 6.61 Å². The third-order valence-electron chi connectivity index (χ3n) is 3.47. The summed E-state index contributed by atoms with van der Waals surface area (Å²) < 4.78 is 9.41. The van der Waals surface area contributed by atoms with Gasteiger partial charge in [-0.3, -0.25) is 0 Å². The van der Waals surface area contributed by atoms with E-state index in [1.165, 1.54) is 10.0 Å². The van der Waals surface area contributed by atoms with Gasteiger partial charge >= 0.3 is 142 Å². The molecule has 2 aromatic heterocycles. The zero-order chi connectivity index (χ0) is 15.6. The van der Waals surface area contributed by atoms with Crippen molar-refractivity contribution in [1.82, 2.24) is 19.7 Å². The molecule has 3 heterocycles. The normalized spacial score (nSPS) is 19.3. The fraction of sp³-hybridized carbons (Fsp3) is 0.562. The van der Waals surface area contributed by atoms with E-state index >= 15 is 0 Å². The Morgan fingerprint density at radius 1 is 1.23 bits per heavy atom. The maximum atomic E-state index is 5.73. The Hall–Kier alpha value is -0.951. The first-order valence-electron chi connectivity index (χ1n) is 7.79. The number of hydrogen-bond donors (Lipinski definition) is 0. The van der Waals surface area contributed by atoms with Crippen LogP contribution in [0.3, 0.4) is 0 Å². The minimum atomic E-state index is -0.604. The molecule has 1 aliphatic rings.